The van der Waals surface area contributed by atoms with Crippen LogP contribution in [0.2, 0.25) is 0 Å². The molecule has 8 rings (SSSR count). The van der Waals surface area contributed by atoms with Crippen molar-refractivity contribution in [2.45, 2.75) is 117 Å². The van der Waals surface area contributed by atoms with E-state index >= 15 is 0 Å². The van der Waals surface area contributed by atoms with Gasteiger partial charge in [0.1, 0.15) is 17.2 Å². The predicted octanol–water partition coefficient (Wildman–Crippen LogP) is 5.86. The average Bonchev–Trinajstić information content (AvgIpc) is 3.95. The third-order valence-electron chi connectivity index (χ3n) is 12.5. The fourth-order valence-corrected chi connectivity index (χ4v) is 10.3. The quantitative estimate of drug-likeness (QED) is 0.270. The molecule has 5 fully saturated rings. The number of methoxy groups -OCH3 is 3. The minimum atomic E-state index is 0.377. The van der Waals surface area contributed by atoms with E-state index in [1.807, 2.05) is 0 Å². The molecule has 47 heavy (non-hydrogen) atoms. The van der Waals surface area contributed by atoms with Crippen LogP contribution >= 0.6 is 0 Å². The zero-order chi connectivity index (χ0) is 31.9. The van der Waals surface area contributed by atoms with E-state index in [0.717, 1.165) is 17.2 Å². The molecule has 3 aromatic rings. The third-order valence-corrected chi connectivity index (χ3v) is 12.5. The van der Waals surface area contributed by atoms with E-state index in [1.165, 1.54) is 68.1 Å². The number of hydrogen-bond acceptors (Lipinski definition) is 7. The highest BCUT2D eigenvalue weighted by atomic mass is 16.5. The Kier molecular flexibility index (Phi) is 8.91. The molecule has 0 amide bonds. The monoisotopic (exact) mass is 636 g/mol. The van der Waals surface area contributed by atoms with E-state index in [4.69, 9.17) is 14.2 Å². The van der Waals surface area contributed by atoms with Crippen LogP contribution in [0.15, 0.2) is 72.8 Å². The molecule has 0 radical (unpaired) electrons. The average molecular weight is 637 g/mol. The van der Waals surface area contributed by atoms with Crippen molar-refractivity contribution in [1.29, 1.82) is 0 Å². The Morgan fingerprint density at radius 2 is 0.553 bits per heavy atom. The van der Waals surface area contributed by atoms with Crippen molar-refractivity contribution in [1.82, 2.24) is 21.3 Å². The van der Waals surface area contributed by atoms with E-state index in [0.29, 0.717) is 66.1 Å². The van der Waals surface area contributed by atoms with Crippen molar-refractivity contribution >= 4 is 0 Å². The van der Waals surface area contributed by atoms with Crippen molar-refractivity contribution in [2.24, 2.45) is 0 Å². The van der Waals surface area contributed by atoms with Crippen molar-refractivity contribution in [3.8, 4) is 17.2 Å². The molecule has 0 spiro atoms. The summed E-state index contributed by atoms with van der Waals surface area (Å²) >= 11 is 0. The Morgan fingerprint density at radius 3 is 0.787 bits per heavy atom. The van der Waals surface area contributed by atoms with Crippen molar-refractivity contribution in [3.63, 3.8) is 0 Å². The van der Waals surface area contributed by atoms with Gasteiger partial charge in [-0.2, -0.15) is 0 Å². The second-order valence-corrected chi connectivity index (χ2v) is 14.7. The molecular formula is C40H52N4O3. The summed E-state index contributed by atoms with van der Waals surface area (Å²) in [4.78, 5) is 0. The highest BCUT2D eigenvalue weighted by Crippen LogP contribution is 2.44. The zero-order valence-corrected chi connectivity index (χ0v) is 28.2. The molecule has 5 aliphatic rings. The summed E-state index contributed by atoms with van der Waals surface area (Å²) in [6.45, 7) is 0. The first-order valence-corrected chi connectivity index (χ1v) is 18.1. The Bertz CT molecular complexity index is 1390. The first-order valence-electron chi connectivity index (χ1n) is 18.1. The Labute approximate surface area is 280 Å². The van der Waals surface area contributed by atoms with E-state index < -0.39 is 0 Å². The number of hydrogen-bond donors (Lipinski definition) is 4. The lowest BCUT2D eigenvalue weighted by atomic mass is 9.83. The Morgan fingerprint density at radius 1 is 0.340 bits per heavy atom. The van der Waals surface area contributed by atoms with E-state index in [9.17, 15) is 0 Å². The molecule has 250 valence electrons. The molecule has 4 N–H and O–H groups in total. The molecular weight excluding hydrogens is 584 g/mol. The second-order valence-electron chi connectivity index (χ2n) is 14.7. The summed E-state index contributed by atoms with van der Waals surface area (Å²) < 4.78 is 16.7. The summed E-state index contributed by atoms with van der Waals surface area (Å²) in [5.74, 6) is 3.96. The topological polar surface area (TPSA) is 75.8 Å². The Balaban J connectivity index is 1.18. The summed E-state index contributed by atoms with van der Waals surface area (Å²) in [6.07, 6.45) is 9.61. The first kappa shape index (κ1) is 31.2. The van der Waals surface area contributed by atoms with Crippen LogP contribution in [0.4, 0.5) is 0 Å². The normalized spacial score (nSPS) is 36.4. The van der Waals surface area contributed by atoms with Gasteiger partial charge in [-0.25, -0.2) is 0 Å². The first-order chi connectivity index (χ1) is 23.1. The van der Waals surface area contributed by atoms with Gasteiger partial charge in [0.05, 0.1) is 21.3 Å². The lowest BCUT2D eigenvalue weighted by Crippen LogP contribution is -2.50. The predicted molar refractivity (Wildman–Crippen MR) is 187 cm³/mol. The van der Waals surface area contributed by atoms with Gasteiger partial charge >= 0.3 is 0 Å². The third kappa shape index (κ3) is 6.05. The van der Waals surface area contributed by atoms with Crippen molar-refractivity contribution in [3.05, 3.63) is 89.5 Å². The fourth-order valence-electron chi connectivity index (χ4n) is 10.3. The van der Waals surface area contributed by atoms with Crippen LogP contribution in [0.1, 0.15) is 85.8 Å². The molecule has 5 aliphatic heterocycles. The maximum absolute atomic E-state index is 5.58. The van der Waals surface area contributed by atoms with Crippen molar-refractivity contribution < 1.29 is 14.2 Å². The number of rotatable bonds is 6. The summed E-state index contributed by atoms with van der Waals surface area (Å²) in [5.41, 5.74) is 4.25. The van der Waals surface area contributed by atoms with E-state index in [2.05, 4.69) is 94.1 Å². The highest BCUT2D eigenvalue weighted by molar-refractivity contribution is 5.36. The van der Waals surface area contributed by atoms with Crippen LogP contribution in [-0.4, -0.2) is 69.7 Å². The van der Waals surface area contributed by atoms with Gasteiger partial charge in [-0.3, -0.25) is 0 Å². The number of nitrogens with one attached hydrogen (secondary N) is 4. The van der Waals surface area contributed by atoms with E-state index in [1.54, 1.807) is 21.3 Å². The van der Waals surface area contributed by atoms with Crippen molar-refractivity contribution in [2.75, 3.05) is 21.3 Å². The molecule has 0 aliphatic carbocycles. The van der Waals surface area contributed by atoms with Gasteiger partial charge < -0.3 is 35.5 Å². The van der Waals surface area contributed by atoms with E-state index in [-0.39, 0.29) is 0 Å². The molecule has 7 heteroatoms. The molecule has 0 aromatic heterocycles. The smallest absolute Gasteiger partial charge is 0.118 e. The van der Waals surface area contributed by atoms with Crippen LogP contribution < -0.4 is 35.5 Å². The van der Waals surface area contributed by atoms with Crippen LogP contribution in [0.3, 0.4) is 0 Å². The van der Waals surface area contributed by atoms with Gasteiger partial charge in [-0.05, 0) is 104 Å². The van der Waals surface area contributed by atoms with Gasteiger partial charge in [0.25, 0.3) is 0 Å². The lowest BCUT2D eigenvalue weighted by Gasteiger charge is -2.35. The summed E-state index contributed by atoms with van der Waals surface area (Å²) in [7, 11) is 5.27. The van der Waals surface area contributed by atoms with Crippen LogP contribution in [-0.2, 0) is 0 Å². The molecule has 5 saturated heterocycles. The van der Waals surface area contributed by atoms with Gasteiger partial charge in [-0.15, -0.1) is 0 Å². The fraction of sp³-hybridized carbons (Fsp3) is 0.550. The molecule has 8 bridgehead atoms. The van der Waals surface area contributed by atoms with Gasteiger partial charge in [0.15, 0.2) is 0 Å². The van der Waals surface area contributed by atoms with Crippen LogP contribution in [0, 0.1) is 0 Å². The van der Waals surface area contributed by atoms with Crippen LogP contribution in [0.25, 0.3) is 0 Å². The minimum absolute atomic E-state index is 0.377. The SMILES string of the molecule is COc1ccc(C2C3CCC(N3)C3CCC(N3)C(c3ccc(OC)cc3)C3CCC(N3)C(c3ccc(OC)cc3)C3CCC2N3)cc1. The highest BCUT2D eigenvalue weighted by Gasteiger charge is 2.48. The molecule has 10 atom stereocenters. The largest absolute Gasteiger partial charge is 0.497 e. The maximum Gasteiger partial charge on any atom is 0.118 e. The summed E-state index contributed by atoms with van der Waals surface area (Å²) in [5, 5.41) is 17.1. The lowest BCUT2D eigenvalue weighted by molar-refractivity contribution is 0.330. The zero-order valence-electron chi connectivity index (χ0n) is 28.2. The van der Waals surface area contributed by atoms with Gasteiger partial charge in [0.2, 0.25) is 0 Å². The van der Waals surface area contributed by atoms with Crippen LogP contribution in [0.5, 0.6) is 17.2 Å². The number of benzene rings is 3. The Hall–Kier alpha value is -3.10. The van der Waals surface area contributed by atoms with Gasteiger partial charge in [0, 0.05) is 66.1 Å². The molecule has 10 unspecified atom stereocenters. The summed E-state index contributed by atoms with van der Waals surface area (Å²) in [6, 6.07) is 30.3. The maximum atomic E-state index is 5.58. The second kappa shape index (κ2) is 13.4. The molecule has 5 heterocycles. The number of ether oxygens (including phenoxy) is 3. The standard InChI is InChI=1S/C40H52N4O3/c1-45-27-10-4-24(5-11-27)38-32-18-16-30(41-32)31-17-19-33(42-31)39(25-6-12-28(46-2)13-7-25)35-21-23-37(44-35)40(36-22-20-34(38)43-36)26-8-14-29(47-3)15-9-26/h4-15,30-44H,16-23H2,1-3H3. The molecule has 0 saturated carbocycles. The minimum Gasteiger partial charge on any atom is -0.497 e. The molecule has 7 nitrogen and oxygen atoms in total. The van der Waals surface area contributed by atoms with Gasteiger partial charge in [-0.1, -0.05) is 36.4 Å². The number of fused-ring (bicyclic) bond motifs is 9. The molecule has 3 aromatic carbocycles.